The minimum Gasteiger partial charge on any atom is -0.378 e. The summed E-state index contributed by atoms with van der Waals surface area (Å²) in [5.41, 5.74) is 13.8. The van der Waals surface area contributed by atoms with Crippen LogP contribution in [0.25, 0.3) is 50.5 Å². The summed E-state index contributed by atoms with van der Waals surface area (Å²) in [4.78, 5) is 9.63. The molecule has 0 amide bonds. The summed E-state index contributed by atoms with van der Waals surface area (Å²) < 4.78 is 9.52. The zero-order valence-electron chi connectivity index (χ0n) is 22.2. The van der Waals surface area contributed by atoms with Crippen molar-refractivity contribution < 1.29 is 4.74 Å². The van der Waals surface area contributed by atoms with Crippen LogP contribution in [0.1, 0.15) is 25.3 Å². The summed E-state index contributed by atoms with van der Waals surface area (Å²) in [5, 5.41) is 9.94. The van der Waals surface area contributed by atoms with Gasteiger partial charge in [-0.05, 0) is 43.0 Å². The van der Waals surface area contributed by atoms with E-state index in [9.17, 15) is 0 Å². The molecule has 0 unspecified atom stereocenters. The summed E-state index contributed by atoms with van der Waals surface area (Å²) in [6.07, 6.45) is 7.26. The minimum atomic E-state index is -0.368. The van der Waals surface area contributed by atoms with Crippen molar-refractivity contribution >= 4 is 16.6 Å². The van der Waals surface area contributed by atoms with E-state index in [4.69, 9.17) is 15.5 Å². The maximum atomic E-state index is 6.74. The zero-order valence-corrected chi connectivity index (χ0v) is 22.2. The van der Waals surface area contributed by atoms with Gasteiger partial charge in [0.15, 0.2) is 11.5 Å². The van der Waals surface area contributed by atoms with Gasteiger partial charge in [0, 0.05) is 48.6 Å². The van der Waals surface area contributed by atoms with Gasteiger partial charge < -0.3 is 15.0 Å². The van der Waals surface area contributed by atoms with Gasteiger partial charge in [-0.3, -0.25) is 4.40 Å². The van der Waals surface area contributed by atoms with Gasteiger partial charge in [0.05, 0.1) is 23.1 Å². The Kier molecular flexibility index (Phi) is 5.20. The van der Waals surface area contributed by atoms with E-state index in [0.29, 0.717) is 5.82 Å². The van der Waals surface area contributed by atoms with Crippen LogP contribution >= 0.6 is 0 Å². The number of nitrogens with zero attached hydrogens (tertiary/aromatic N) is 6. The lowest BCUT2D eigenvalue weighted by molar-refractivity contribution is -0.104. The molecule has 1 aliphatic carbocycles. The van der Waals surface area contributed by atoms with E-state index >= 15 is 0 Å². The Morgan fingerprint density at radius 3 is 2.41 bits per heavy atom. The molecule has 4 aromatic heterocycles. The number of fused-ring (bicyclic) bond motifs is 3. The van der Waals surface area contributed by atoms with Gasteiger partial charge >= 0.3 is 0 Å². The fourth-order valence-corrected chi connectivity index (χ4v) is 5.95. The second-order valence-corrected chi connectivity index (χ2v) is 10.9. The third-order valence-corrected chi connectivity index (χ3v) is 7.99. The number of ether oxygens (including phenoxy) is 1. The molecule has 0 radical (unpaired) electrons. The van der Waals surface area contributed by atoms with Crippen LogP contribution in [0.5, 0.6) is 0 Å². The molecule has 8 heteroatoms. The molecule has 1 fully saturated rings. The summed E-state index contributed by atoms with van der Waals surface area (Å²) in [6.45, 7) is 2.11. The van der Waals surface area contributed by atoms with Crippen LogP contribution in [0.2, 0.25) is 0 Å². The Labute approximate surface area is 226 Å². The Bertz CT molecular complexity index is 1830. The Morgan fingerprint density at radius 2 is 1.72 bits per heavy atom. The number of imidazole rings is 1. The van der Waals surface area contributed by atoms with Gasteiger partial charge in [0.1, 0.15) is 5.69 Å². The van der Waals surface area contributed by atoms with Crippen molar-refractivity contribution in [2.45, 2.75) is 30.9 Å². The SMILES string of the molecule is COC1(C)CC(N)(c2ccc(-c3nc4ccn5c(-c6cn(C)cn6)nnc5c4cc3-c3ccccc3)cc2)C1. The summed E-state index contributed by atoms with van der Waals surface area (Å²) in [6, 6.07) is 23.0. The van der Waals surface area contributed by atoms with Crippen LogP contribution in [0.4, 0.5) is 0 Å². The molecule has 0 spiro atoms. The molecule has 194 valence electrons. The molecule has 2 N–H and O–H groups in total. The van der Waals surface area contributed by atoms with E-state index in [2.05, 4.69) is 64.6 Å². The second-order valence-electron chi connectivity index (χ2n) is 10.9. The lowest BCUT2D eigenvalue weighted by Crippen LogP contribution is -2.59. The lowest BCUT2D eigenvalue weighted by Gasteiger charge is -2.52. The first kappa shape index (κ1) is 23.7. The number of rotatable bonds is 5. The van der Waals surface area contributed by atoms with Crippen molar-refractivity contribution in [2.24, 2.45) is 12.8 Å². The van der Waals surface area contributed by atoms with Crippen molar-refractivity contribution in [1.82, 2.24) is 29.1 Å². The Morgan fingerprint density at radius 1 is 0.949 bits per heavy atom. The highest BCUT2D eigenvalue weighted by Crippen LogP contribution is 2.48. The molecular formula is C31H29N7O. The average Bonchev–Trinajstić information content (AvgIpc) is 3.58. The van der Waals surface area contributed by atoms with Gasteiger partial charge in [0.25, 0.3) is 0 Å². The first-order valence-electron chi connectivity index (χ1n) is 13.0. The summed E-state index contributed by atoms with van der Waals surface area (Å²) >= 11 is 0. The second kappa shape index (κ2) is 8.56. The van der Waals surface area contributed by atoms with Crippen LogP contribution in [0.15, 0.2) is 85.5 Å². The first-order chi connectivity index (χ1) is 18.9. The molecule has 1 saturated carbocycles. The molecular weight excluding hydrogens is 486 g/mol. The van der Waals surface area contributed by atoms with Gasteiger partial charge in [-0.1, -0.05) is 54.6 Å². The van der Waals surface area contributed by atoms with Crippen LogP contribution in [0.3, 0.4) is 0 Å². The highest BCUT2D eigenvalue weighted by molar-refractivity contribution is 5.98. The molecule has 0 atom stereocenters. The van der Waals surface area contributed by atoms with E-state index in [-0.39, 0.29) is 11.1 Å². The molecule has 1 aliphatic rings. The average molecular weight is 516 g/mol. The van der Waals surface area contributed by atoms with Crippen LogP contribution in [-0.2, 0) is 17.3 Å². The van der Waals surface area contributed by atoms with Crippen LogP contribution in [-0.4, -0.2) is 41.8 Å². The molecule has 8 nitrogen and oxygen atoms in total. The van der Waals surface area contributed by atoms with Gasteiger partial charge in [-0.2, -0.15) is 0 Å². The van der Waals surface area contributed by atoms with Crippen molar-refractivity contribution in [3.63, 3.8) is 0 Å². The highest BCUT2D eigenvalue weighted by Gasteiger charge is 2.50. The van der Waals surface area contributed by atoms with Gasteiger partial charge in [-0.15, -0.1) is 10.2 Å². The van der Waals surface area contributed by atoms with Crippen molar-refractivity contribution in [3.8, 4) is 33.9 Å². The summed E-state index contributed by atoms with van der Waals surface area (Å²) in [5.74, 6) is 0.699. The Balaban J connectivity index is 1.36. The predicted molar refractivity (Wildman–Crippen MR) is 152 cm³/mol. The predicted octanol–water partition coefficient (Wildman–Crippen LogP) is 5.36. The minimum absolute atomic E-state index is 0.155. The number of aryl methyl sites for hydroxylation is 1. The summed E-state index contributed by atoms with van der Waals surface area (Å²) in [7, 11) is 3.70. The number of hydrogen-bond donors (Lipinski definition) is 1. The molecule has 2 aromatic carbocycles. The fraction of sp³-hybridized carbons (Fsp3) is 0.226. The monoisotopic (exact) mass is 515 g/mol. The maximum Gasteiger partial charge on any atom is 0.188 e. The first-order valence-corrected chi connectivity index (χ1v) is 13.0. The van der Waals surface area contributed by atoms with E-state index in [1.807, 2.05) is 52.7 Å². The number of pyridine rings is 2. The molecule has 6 aromatic rings. The normalized spacial score (nSPS) is 20.9. The molecule has 0 saturated heterocycles. The third kappa shape index (κ3) is 3.83. The molecule has 7 rings (SSSR count). The van der Waals surface area contributed by atoms with Crippen molar-refractivity contribution in [2.75, 3.05) is 7.11 Å². The smallest absolute Gasteiger partial charge is 0.188 e. The topological polar surface area (TPSA) is 96.2 Å². The van der Waals surface area contributed by atoms with E-state index in [1.54, 1.807) is 13.4 Å². The van der Waals surface area contributed by atoms with Crippen molar-refractivity contribution in [1.29, 1.82) is 0 Å². The largest absolute Gasteiger partial charge is 0.378 e. The number of aromatic nitrogens is 6. The van der Waals surface area contributed by atoms with Crippen molar-refractivity contribution in [3.05, 3.63) is 91.0 Å². The van der Waals surface area contributed by atoms with E-state index in [1.165, 1.54) is 0 Å². The number of hydrogen-bond acceptors (Lipinski definition) is 6. The molecule has 39 heavy (non-hydrogen) atoms. The van der Waals surface area contributed by atoms with Gasteiger partial charge in [-0.25, -0.2) is 9.97 Å². The standard InChI is InChI=1S/C31H29N7O/c1-30(39-3)17-31(32,18-30)22-11-9-21(10-12-22)27-23(20-7-5-4-6-8-20)15-24-25(34-27)13-14-38-28(24)35-36-29(38)26-16-37(2)19-33-26/h4-16,19H,17-18,32H2,1-3H3. The fourth-order valence-electron chi connectivity index (χ4n) is 5.95. The molecule has 0 bridgehead atoms. The van der Waals surface area contributed by atoms with Crippen LogP contribution < -0.4 is 5.73 Å². The number of methoxy groups -OCH3 is 1. The Hall–Kier alpha value is -4.40. The van der Waals surface area contributed by atoms with E-state index in [0.717, 1.165) is 63.0 Å². The molecule has 4 heterocycles. The van der Waals surface area contributed by atoms with E-state index < -0.39 is 0 Å². The number of benzene rings is 2. The lowest BCUT2D eigenvalue weighted by atomic mass is 9.63. The maximum absolute atomic E-state index is 6.74. The number of nitrogens with two attached hydrogens (primary N) is 1. The quantitative estimate of drug-likeness (QED) is 0.332. The zero-order chi connectivity index (χ0) is 26.8. The highest BCUT2D eigenvalue weighted by atomic mass is 16.5. The third-order valence-electron chi connectivity index (χ3n) is 7.99. The molecule has 0 aliphatic heterocycles. The van der Waals surface area contributed by atoms with Gasteiger partial charge in [0.2, 0.25) is 0 Å². The van der Waals surface area contributed by atoms with Crippen LogP contribution in [0, 0.1) is 0 Å².